The summed E-state index contributed by atoms with van der Waals surface area (Å²) < 4.78 is 0. The summed E-state index contributed by atoms with van der Waals surface area (Å²) in [4.78, 5) is 21.4. The molecule has 0 aliphatic rings. The monoisotopic (exact) mass is 365 g/mol. The van der Waals surface area contributed by atoms with Crippen LogP contribution in [0, 0.1) is 5.92 Å². The largest absolute Gasteiger partial charge is 0.349 e. The minimum absolute atomic E-state index is 0.00243. The Kier molecular flexibility index (Phi) is 6.12. The van der Waals surface area contributed by atoms with E-state index in [0.29, 0.717) is 5.92 Å². The third-order valence-electron chi connectivity index (χ3n) is 4.02. The lowest BCUT2D eigenvalue weighted by atomic mass is 9.97. The van der Waals surface area contributed by atoms with Gasteiger partial charge in [0.05, 0.1) is 23.9 Å². The van der Waals surface area contributed by atoms with Gasteiger partial charge >= 0.3 is 0 Å². The third-order valence-corrected chi connectivity index (χ3v) is 4.94. The molecule has 4 nitrogen and oxygen atoms in total. The summed E-state index contributed by atoms with van der Waals surface area (Å²) in [6.45, 7) is 4.34. The Hall–Kier alpha value is -2.53. The van der Waals surface area contributed by atoms with Crippen LogP contribution in [0.15, 0.2) is 60.1 Å². The first-order valence-corrected chi connectivity index (χ1v) is 9.70. The number of rotatable bonds is 7. The van der Waals surface area contributed by atoms with E-state index in [-0.39, 0.29) is 18.4 Å². The summed E-state index contributed by atoms with van der Waals surface area (Å²) in [5.74, 6) is 0.493. The Morgan fingerprint density at radius 2 is 1.88 bits per heavy atom. The zero-order valence-corrected chi connectivity index (χ0v) is 15.9. The first-order valence-electron chi connectivity index (χ1n) is 8.82. The number of hydrogen-bond donors (Lipinski definition) is 1. The van der Waals surface area contributed by atoms with E-state index in [0.717, 1.165) is 28.4 Å². The van der Waals surface area contributed by atoms with Crippen LogP contribution in [0.5, 0.6) is 0 Å². The smallest absolute Gasteiger partial charge is 0.226 e. The van der Waals surface area contributed by atoms with Gasteiger partial charge in [-0.2, -0.15) is 0 Å². The van der Waals surface area contributed by atoms with Crippen LogP contribution in [0.2, 0.25) is 0 Å². The molecule has 1 amide bonds. The molecule has 1 atom stereocenters. The van der Waals surface area contributed by atoms with Gasteiger partial charge in [-0.05, 0) is 30.0 Å². The molecule has 0 bridgehead atoms. The molecule has 0 fully saturated rings. The van der Waals surface area contributed by atoms with Gasteiger partial charge in [-0.15, -0.1) is 11.3 Å². The fourth-order valence-corrected chi connectivity index (χ4v) is 3.64. The summed E-state index contributed by atoms with van der Waals surface area (Å²) in [6, 6.07) is 15.9. The van der Waals surface area contributed by atoms with Crippen LogP contribution in [-0.4, -0.2) is 15.9 Å². The molecule has 0 spiro atoms. The minimum atomic E-state index is -0.00243. The van der Waals surface area contributed by atoms with Crippen LogP contribution < -0.4 is 5.32 Å². The van der Waals surface area contributed by atoms with Gasteiger partial charge < -0.3 is 5.32 Å². The second-order valence-electron chi connectivity index (χ2n) is 6.70. The molecule has 2 aromatic heterocycles. The highest BCUT2D eigenvalue weighted by Crippen LogP contribution is 2.23. The minimum Gasteiger partial charge on any atom is -0.349 e. The van der Waals surface area contributed by atoms with E-state index in [1.807, 2.05) is 41.8 Å². The van der Waals surface area contributed by atoms with Gasteiger partial charge in [0.1, 0.15) is 5.01 Å². The van der Waals surface area contributed by atoms with Gasteiger partial charge in [0.2, 0.25) is 5.91 Å². The molecule has 2 heterocycles. The first kappa shape index (κ1) is 18.3. The molecule has 1 N–H and O–H groups in total. The summed E-state index contributed by atoms with van der Waals surface area (Å²) in [6.07, 6.45) is 2.94. The van der Waals surface area contributed by atoms with Gasteiger partial charge in [-0.25, -0.2) is 4.98 Å². The highest BCUT2D eigenvalue weighted by atomic mass is 32.1. The Labute approximate surface area is 158 Å². The molecule has 26 heavy (non-hydrogen) atoms. The van der Waals surface area contributed by atoms with Gasteiger partial charge in [0, 0.05) is 11.6 Å². The maximum Gasteiger partial charge on any atom is 0.226 e. The van der Waals surface area contributed by atoms with Crippen molar-refractivity contribution in [2.75, 3.05) is 0 Å². The van der Waals surface area contributed by atoms with Crippen molar-refractivity contribution < 1.29 is 4.79 Å². The molecule has 0 aliphatic carbocycles. The number of nitrogens with one attached hydrogen (secondary N) is 1. The van der Waals surface area contributed by atoms with E-state index in [1.165, 1.54) is 11.3 Å². The lowest BCUT2D eigenvalue weighted by molar-refractivity contribution is -0.121. The summed E-state index contributed by atoms with van der Waals surface area (Å²) in [7, 11) is 0. The van der Waals surface area contributed by atoms with Crippen molar-refractivity contribution in [3.05, 3.63) is 71.4 Å². The second kappa shape index (κ2) is 8.72. The summed E-state index contributed by atoms with van der Waals surface area (Å²) in [5.41, 5.74) is 2.76. The standard InChI is InChI=1S/C21H23N3OS/c1-15(2)12-19(16-8-4-3-5-9-16)24-20(25)13-17-14-26-21(23-17)18-10-6-7-11-22-18/h3-11,14-15,19H,12-13H2,1-2H3,(H,24,25). The number of amides is 1. The lowest BCUT2D eigenvalue weighted by Gasteiger charge is -2.21. The number of carbonyl (C=O) groups is 1. The van der Waals surface area contributed by atoms with Gasteiger partial charge in [0.15, 0.2) is 0 Å². The molecule has 0 saturated carbocycles. The number of pyridine rings is 1. The van der Waals surface area contributed by atoms with E-state index in [2.05, 4.69) is 41.3 Å². The van der Waals surface area contributed by atoms with Gasteiger partial charge in [-0.1, -0.05) is 50.2 Å². The van der Waals surface area contributed by atoms with Crippen molar-refractivity contribution in [2.45, 2.75) is 32.7 Å². The van der Waals surface area contributed by atoms with E-state index in [1.54, 1.807) is 6.20 Å². The summed E-state index contributed by atoms with van der Waals surface area (Å²) in [5, 5.41) is 5.95. The highest BCUT2D eigenvalue weighted by Gasteiger charge is 2.17. The van der Waals surface area contributed by atoms with E-state index in [9.17, 15) is 4.79 Å². The SMILES string of the molecule is CC(C)CC(NC(=O)Cc1csc(-c2ccccn2)n1)c1ccccc1. The van der Waals surface area contributed by atoms with Gasteiger partial charge in [0.25, 0.3) is 0 Å². The molecule has 0 saturated heterocycles. The third kappa shape index (κ3) is 4.99. The maximum atomic E-state index is 12.6. The van der Waals surface area contributed by atoms with E-state index >= 15 is 0 Å². The summed E-state index contributed by atoms with van der Waals surface area (Å²) >= 11 is 1.52. The van der Waals surface area contributed by atoms with E-state index < -0.39 is 0 Å². The van der Waals surface area contributed by atoms with Crippen LogP contribution in [0.4, 0.5) is 0 Å². The zero-order valence-electron chi connectivity index (χ0n) is 15.1. The van der Waals surface area contributed by atoms with Crippen molar-refractivity contribution in [3.63, 3.8) is 0 Å². The number of thiazole rings is 1. The van der Waals surface area contributed by atoms with E-state index in [4.69, 9.17) is 0 Å². The molecule has 3 rings (SSSR count). The van der Waals surface area contributed by atoms with Crippen LogP contribution >= 0.6 is 11.3 Å². The Morgan fingerprint density at radius 3 is 2.58 bits per heavy atom. The number of nitrogens with zero attached hydrogens (tertiary/aromatic N) is 2. The fourth-order valence-electron chi connectivity index (χ4n) is 2.84. The quantitative estimate of drug-likeness (QED) is 0.663. The molecule has 3 aromatic rings. The van der Waals surface area contributed by atoms with Crippen LogP contribution in [-0.2, 0) is 11.2 Å². The number of hydrogen-bond acceptors (Lipinski definition) is 4. The average molecular weight is 366 g/mol. The van der Waals surface area contributed by atoms with Crippen molar-refractivity contribution in [2.24, 2.45) is 5.92 Å². The Balaban J connectivity index is 1.66. The maximum absolute atomic E-state index is 12.6. The van der Waals surface area contributed by atoms with Crippen molar-refractivity contribution in [1.29, 1.82) is 0 Å². The predicted octanol–water partition coefficient (Wildman–Crippen LogP) is 4.65. The molecule has 0 radical (unpaired) electrons. The fraction of sp³-hybridized carbons (Fsp3) is 0.286. The molecule has 0 aliphatic heterocycles. The Bertz CT molecular complexity index is 831. The normalized spacial score (nSPS) is 12.1. The molecule has 1 aromatic carbocycles. The first-order chi connectivity index (χ1) is 12.6. The molecule has 134 valence electrons. The molecule has 5 heteroatoms. The number of carbonyl (C=O) groups excluding carboxylic acids is 1. The Morgan fingerprint density at radius 1 is 1.12 bits per heavy atom. The molecule has 1 unspecified atom stereocenters. The topological polar surface area (TPSA) is 54.9 Å². The molecular weight excluding hydrogens is 342 g/mol. The van der Waals surface area contributed by atoms with Gasteiger partial charge in [-0.3, -0.25) is 9.78 Å². The number of benzene rings is 1. The van der Waals surface area contributed by atoms with Crippen LogP contribution in [0.25, 0.3) is 10.7 Å². The van der Waals surface area contributed by atoms with Crippen molar-refractivity contribution in [1.82, 2.24) is 15.3 Å². The average Bonchev–Trinajstić information content (AvgIpc) is 3.10. The van der Waals surface area contributed by atoms with Crippen LogP contribution in [0.3, 0.4) is 0 Å². The zero-order chi connectivity index (χ0) is 18.4. The second-order valence-corrected chi connectivity index (χ2v) is 7.55. The highest BCUT2D eigenvalue weighted by molar-refractivity contribution is 7.13. The lowest BCUT2D eigenvalue weighted by Crippen LogP contribution is -2.30. The van der Waals surface area contributed by atoms with Crippen LogP contribution in [0.1, 0.15) is 37.6 Å². The predicted molar refractivity (Wildman–Crippen MR) is 106 cm³/mol. The van der Waals surface area contributed by atoms with Crippen molar-refractivity contribution in [3.8, 4) is 10.7 Å². The van der Waals surface area contributed by atoms with Crippen molar-refractivity contribution >= 4 is 17.2 Å². The number of aromatic nitrogens is 2. The molecular formula is C21H23N3OS.